The van der Waals surface area contributed by atoms with Crippen molar-refractivity contribution in [1.29, 1.82) is 0 Å². The molecular formula is C21H25N5O3. The Balaban J connectivity index is 1.43. The second-order valence-electron chi connectivity index (χ2n) is 7.72. The highest BCUT2D eigenvalue weighted by molar-refractivity contribution is 6.10. The van der Waals surface area contributed by atoms with E-state index < -0.39 is 5.66 Å². The van der Waals surface area contributed by atoms with Crippen LogP contribution >= 0.6 is 0 Å². The zero-order valence-corrected chi connectivity index (χ0v) is 16.7. The molecule has 3 heterocycles. The lowest BCUT2D eigenvalue weighted by Crippen LogP contribution is -2.62. The fourth-order valence-corrected chi connectivity index (χ4v) is 4.29. The molecule has 1 unspecified atom stereocenters. The van der Waals surface area contributed by atoms with E-state index in [2.05, 4.69) is 10.3 Å². The number of para-hydroxylation sites is 1. The highest BCUT2D eigenvalue weighted by Gasteiger charge is 2.52. The van der Waals surface area contributed by atoms with Gasteiger partial charge in [-0.15, -0.1) is 0 Å². The third-order valence-corrected chi connectivity index (χ3v) is 5.90. The third kappa shape index (κ3) is 3.28. The Morgan fingerprint density at radius 2 is 2.07 bits per heavy atom. The Bertz CT molecular complexity index is 969. The summed E-state index contributed by atoms with van der Waals surface area (Å²) in [5, 5.41) is 2.89. The van der Waals surface area contributed by atoms with E-state index in [1.54, 1.807) is 28.1 Å². The Morgan fingerprint density at radius 3 is 2.83 bits per heavy atom. The lowest BCUT2D eigenvalue weighted by Gasteiger charge is -2.48. The van der Waals surface area contributed by atoms with Gasteiger partial charge in [0, 0.05) is 51.8 Å². The number of nitrogens with one attached hydrogen (secondary N) is 1. The molecule has 2 aliphatic rings. The summed E-state index contributed by atoms with van der Waals surface area (Å²) in [6.07, 6.45) is 5.38. The molecule has 152 valence electrons. The number of carbonyl (C=O) groups excluding carboxylic acids is 3. The lowest BCUT2D eigenvalue weighted by molar-refractivity contribution is -0.121. The van der Waals surface area contributed by atoms with Gasteiger partial charge in [0.1, 0.15) is 11.5 Å². The molecule has 0 spiro atoms. The van der Waals surface area contributed by atoms with Gasteiger partial charge < -0.3 is 14.8 Å². The van der Waals surface area contributed by atoms with E-state index in [0.717, 1.165) is 5.82 Å². The van der Waals surface area contributed by atoms with Crippen molar-refractivity contribution in [1.82, 2.24) is 19.8 Å². The van der Waals surface area contributed by atoms with Gasteiger partial charge in [0.25, 0.3) is 5.91 Å². The summed E-state index contributed by atoms with van der Waals surface area (Å²) in [5.74, 6) is 0.665. The number of nitrogens with zero attached hydrogens (tertiary/aromatic N) is 4. The number of fused-ring (bicyclic) bond motifs is 3. The predicted molar refractivity (Wildman–Crippen MR) is 107 cm³/mol. The van der Waals surface area contributed by atoms with Crippen molar-refractivity contribution in [2.24, 2.45) is 7.05 Å². The van der Waals surface area contributed by atoms with Crippen molar-refractivity contribution >= 4 is 23.4 Å². The van der Waals surface area contributed by atoms with Gasteiger partial charge in [0.05, 0.1) is 11.3 Å². The standard InChI is InChI=1S/C21H25N5O3/c1-21-10-7-19(28)26(21)16-6-4-3-5-15(16)20(29)25(21)13-9-18(27)23-11-8-17-22-12-14-24(17)2/h3-6,12,14H,7-11,13H2,1-2H3,(H,23,27). The average Bonchev–Trinajstić information content (AvgIpc) is 3.24. The quantitative estimate of drug-likeness (QED) is 0.802. The third-order valence-electron chi connectivity index (χ3n) is 5.90. The van der Waals surface area contributed by atoms with Gasteiger partial charge in [-0.25, -0.2) is 4.98 Å². The molecule has 1 fully saturated rings. The lowest BCUT2D eigenvalue weighted by atomic mass is 9.98. The van der Waals surface area contributed by atoms with Crippen LogP contribution in [0.4, 0.5) is 5.69 Å². The zero-order valence-electron chi connectivity index (χ0n) is 16.7. The van der Waals surface area contributed by atoms with Crippen molar-refractivity contribution in [3.63, 3.8) is 0 Å². The molecule has 2 aromatic rings. The van der Waals surface area contributed by atoms with Crippen LogP contribution in [-0.4, -0.2) is 50.9 Å². The molecule has 0 bridgehead atoms. The van der Waals surface area contributed by atoms with Crippen molar-refractivity contribution in [2.75, 3.05) is 18.0 Å². The number of carbonyl (C=O) groups is 3. The fourth-order valence-electron chi connectivity index (χ4n) is 4.29. The normalized spacial score (nSPS) is 20.6. The second kappa shape index (κ2) is 7.35. The van der Waals surface area contributed by atoms with Gasteiger partial charge in [-0.1, -0.05) is 12.1 Å². The highest BCUT2D eigenvalue weighted by atomic mass is 16.2. The minimum absolute atomic E-state index is 0.0111. The monoisotopic (exact) mass is 395 g/mol. The van der Waals surface area contributed by atoms with Crippen LogP contribution in [0, 0.1) is 0 Å². The maximum absolute atomic E-state index is 13.1. The Morgan fingerprint density at radius 1 is 1.28 bits per heavy atom. The van der Waals surface area contributed by atoms with Gasteiger partial charge in [0.15, 0.2) is 0 Å². The fraction of sp³-hybridized carbons (Fsp3) is 0.429. The number of aromatic nitrogens is 2. The first kappa shape index (κ1) is 19.2. The predicted octanol–water partition coefficient (Wildman–Crippen LogP) is 1.47. The van der Waals surface area contributed by atoms with Gasteiger partial charge in [-0.3, -0.25) is 19.3 Å². The second-order valence-corrected chi connectivity index (χ2v) is 7.72. The van der Waals surface area contributed by atoms with Crippen LogP contribution in [0.1, 0.15) is 42.4 Å². The molecule has 1 aromatic heterocycles. The van der Waals surface area contributed by atoms with E-state index >= 15 is 0 Å². The van der Waals surface area contributed by atoms with Crippen LogP contribution in [0.3, 0.4) is 0 Å². The van der Waals surface area contributed by atoms with Gasteiger partial charge in [-0.2, -0.15) is 0 Å². The first-order valence-corrected chi connectivity index (χ1v) is 9.89. The summed E-state index contributed by atoms with van der Waals surface area (Å²) < 4.78 is 1.92. The number of imidazole rings is 1. The molecule has 1 saturated heterocycles. The summed E-state index contributed by atoms with van der Waals surface area (Å²) in [7, 11) is 1.92. The van der Waals surface area contributed by atoms with Crippen LogP contribution in [-0.2, 0) is 23.1 Å². The molecule has 0 radical (unpaired) electrons. The van der Waals surface area contributed by atoms with Gasteiger partial charge in [0.2, 0.25) is 11.8 Å². The highest BCUT2D eigenvalue weighted by Crippen LogP contribution is 2.43. The van der Waals surface area contributed by atoms with Crippen molar-refractivity contribution in [3.05, 3.63) is 48.0 Å². The van der Waals surface area contributed by atoms with Gasteiger partial charge >= 0.3 is 0 Å². The van der Waals surface area contributed by atoms with E-state index in [0.29, 0.717) is 37.1 Å². The molecule has 2 aliphatic heterocycles. The summed E-state index contributed by atoms with van der Waals surface area (Å²) in [5.41, 5.74) is 0.448. The van der Waals surface area contributed by atoms with E-state index in [-0.39, 0.29) is 30.7 Å². The number of benzene rings is 1. The molecule has 0 aliphatic carbocycles. The van der Waals surface area contributed by atoms with Crippen LogP contribution in [0.2, 0.25) is 0 Å². The zero-order chi connectivity index (χ0) is 20.6. The Kier molecular flexibility index (Phi) is 4.86. The summed E-state index contributed by atoms with van der Waals surface area (Å²) in [4.78, 5) is 45.7. The van der Waals surface area contributed by atoms with Crippen molar-refractivity contribution in [2.45, 2.75) is 38.3 Å². The Hall–Kier alpha value is -3.16. The SMILES string of the molecule is Cn1ccnc1CCNC(=O)CCN1C(=O)c2ccccc2N2C(=O)CCC12C. The number of aryl methyl sites for hydroxylation is 1. The first-order valence-electron chi connectivity index (χ1n) is 9.89. The van der Waals surface area contributed by atoms with E-state index in [1.165, 1.54) is 0 Å². The number of anilines is 1. The van der Waals surface area contributed by atoms with Crippen LogP contribution in [0.25, 0.3) is 0 Å². The van der Waals surface area contributed by atoms with Crippen molar-refractivity contribution < 1.29 is 14.4 Å². The number of amides is 3. The first-order chi connectivity index (χ1) is 13.9. The molecule has 29 heavy (non-hydrogen) atoms. The molecule has 8 nitrogen and oxygen atoms in total. The van der Waals surface area contributed by atoms with Crippen LogP contribution in [0.5, 0.6) is 0 Å². The molecule has 8 heteroatoms. The summed E-state index contributed by atoms with van der Waals surface area (Å²) in [6, 6.07) is 7.18. The molecule has 4 rings (SSSR count). The molecule has 1 aromatic carbocycles. The number of hydrogen-bond acceptors (Lipinski definition) is 4. The largest absolute Gasteiger partial charge is 0.356 e. The molecule has 0 saturated carbocycles. The Labute approximate surface area is 169 Å². The molecular weight excluding hydrogens is 370 g/mol. The van der Waals surface area contributed by atoms with Crippen molar-refractivity contribution in [3.8, 4) is 0 Å². The maximum Gasteiger partial charge on any atom is 0.257 e. The van der Waals surface area contributed by atoms with E-state index in [1.807, 2.05) is 36.9 Å². The van der Waals surface area contributed by atoms with Gasteiger partial charge in [-0.05, 0) is 25.5 Å². The summed E-state index contributed by atoms with van der Waals surface area (Å²) >= 11 is 0. The maximum atomic E-state index is 13.1. The topological polar surface area (TPSA) is 87.5 Å². The smallest absolute Gasteiger partial charge is 0.257 e. The van der Waals surface area contributed by atoms with Crippen LogP contribution < -0.4 is 10.2 Å². The molecule has 3 amide bonds. The molecule has 1 atom stereocenters. The molecule has 1 N–H and O–H groups in total. The number of rotatable bonds is 6. The minimum Gasteiger partial charge on any atom is -0.356 e. The van der Waals surface area contributed by atoms with E-state index in [4.69, 9.17) is 0 Å². The minimum atomic E-state index is -0.726. The van der Waals surface area contributed by atoms with E-state index in [9.17, 15) is 14.4 Å². The van der Waals surface area contributed by atoms with Crippen LogP contribution in [0.15, 0.2) is 36.7 Å². The average molecular weight is 395 g/mol. The number of hydrogen-bond donors (Lipinski definition) is 1. The summed E-state index contributed by atoms with van der Waals surface area (Å²) in [6.45, 7) is 2.66.